The van der Waals surface area contributed by atoms with E-state index in [1.165, 1.54) is 5.56 Å². The van der Waals surface area contributed by atoms with Crippen LogP contribution in [0.15, 0.2) is 52.1 Å². The van der Waals surface area contributed by atoms with Gasteiger partial charge in [-0.1, -0.05) is 33.2 Å². The van der Waals surface area contributed by atoms with Crippen LogP contribution in [-0.2, 0) is 13.0 Å². The molecule has 0 spiro atoms. The fourth-order valence-electron chi connectivity index (χ4n) is 2.43. The predicted octanol–water partition coefficient (Wildman–Crippen LogP) is 4.15. The summed E-state index contributed by atoms with van der Waals surface area (Å²) in [4.78, 5) is 0. The molecule has 3 rings (SSSR count). The first-order valence-corrected chi connectivity index (χ1v) is 7.27. The van der Waals surface area contributed by atoms with Gasteiger partial charge in [-0.15, -0.1) is 0 Å². The molecule has 0 unspecified atom stereocenters. The molecule has 0 atom stereocenters. The van der Waals surface area contributed by atoms with Crippen LogP contribution in [-0.4, -0.2) is 10.9 Å². The van der Waals surface area contributed by atoms with Gasteiger partial charge in [-0.2, -0.15) is 0 Å². The van der Waals surface area contributed by atoms with Crippen LogP contribution in [0.25, 0.3) is 0 Å². The van der Waals surface area contributed by atoms with Crippen molar-refractivity contribution in [2.24, 2.45) is 5.16 Å². The first-order valence-electron chi connectivity index (χ1n) is 6.48. The maximum absolute atomic E-state index is 8.91. The molecule has 1 N–H and O–H groups in total. The molecule has 0 saturated carbocycles. The molecule has 102 valence electrons. The van der Waals surface area contributed by atoms with Crippen LogP contribution < -0.4 is 4.74 Å². The minimum Gasteiger partial charge on any atom is -0.489 e. The number of ether oxygens (including phenoxy) is 1. The van der Waals surface area contributed by atoms with Crippen LogP contribution in [0, 0.1) is 0 Å². The van der Waals surface area contributed by atoms with Gasteiger partial charge < -0.3 is 9.94 Å². The second-order valence-corrected chi connectivity index (χ2v) is 5.70. The van der Waals surface area contributed by atoms with Gasteiger partial charge in [0.2, 0.25) is 0 Å². The van der Waals surface area contributed by atoms with Gasteiger partial charge in [-0.25, -0.2) is 0 Å². The van der Waals surface area contributed by atoms with Crippen molar-refractivity contribution in [1.29, 1.82) is 0 Å². The van der Waals surface area contributed by atoms with Gasteiger partial charge in [-0.3, -0.25) is 0 Å². The van der Waals surface area contributed by atoms with Crippen LogP contribution in [0.2, 0.25) is 0 Å². The highest BCUT2D eigenvalue weighted by Crippen LogP contribution is 2.27. The molecule has 0 fully saturated rings. The van der Waals surface area contributed by atoms with E-state index in [0.29, 0.717) is 6.61 Å². The summed E-state index contributed by atoms with van der Waals surface area (Å²) in [5.41, 5.74) is 4.10. The molecule has 0 aliphatic heterocycles. The molecule has 1 aliphatic carbocycles. The zero-order valence-electron chi connectivity index (χ0n) is 10.8. The molecule has 3 nitrogen and oxygen atoms in total. The van der Waals surface area contributed by atoms with E-state index in [9.17, 15) is 0 Å². The van der Waals surface area contributed by atoms with Crippen molar-refractivity contribution in [1.82, 2.24) is 0 Å². The van der Waals surface area contributed by atoms with Crippen LogP contribution in [0.4, 0.5) is 0 Å². The summed E-state index contributed by atoms with van der Waals surface area (Å²) >= 11 is 3.45. The SMILES string of the molecule is O/N=C1/CCc2cc(OCc3cccc(Br)c3)ccc21. The summed E-state index contributed by atoms with van der Waals surface area (Å²) in [5, 5.41) is 12.2. The van der Waals surface area contributed by atoms with Crippen LogP contribution in [0.3, 0.4) is 0 Å². The molecule has 4 heteroatoms. The topological polar surface area (TPSA) is 41.8 Å². The molecule has 20 heavy (non-hydrogen) atoms. The van der Waals surface area contributed by atoms with Gasteiger partial charge in [0.15, 0.2) is 0 Å². The molecule has 0 heterocycles. The molecular formula is C16H14BrNO2. The molecule has 0 saturated heterocycles. The van der Waals surface area contributed by atoms with Crippen LogP contribution >= 0.6 is 15.9 Å². The fraction of sp³-hybridized carbons (Fsp3) is 0.188. The van der Waals surface area contributed by atoms with E-state index >= 15 is 0 Å². The van der Waals surface area contributed by atoms with Crippen molar-refractivity contribution in [3.05, 3.63) is 63.6 Å². The Balaban J connectivity index is 1.73. The Morgan fingerprint density at radius 3 is 2.85 bits per heavy atom. The molecular weight excluding hydrogens is 318 g/mol. The maximum atomic E-state index is 8.91. The smallest absolute Gasteiger partial charge is 0.120 e. The molecule has 0 radical (unpaired) electrons. The standard InChI is InChI=1S/C16H14BrNO2/c17-13-3-1-2-11(8-13)10-20-14-5-6-15-12(9-14)4-7-16(15)18-19/h1-3,5-6,8-9,19H,4,7,10H2/b18-16-. The minimum atomic E-state index is 0.541. The Bertz CT molecular complexity index is 667. The highest BCUT2D eigenvalue weighted by molar-refractivity contribution is 9.10. The van der Waals surface area contributed by atoms with E-state index in [0.717, 1.165) is 39.9 Å². The summed E-state index contributed by atoms with van der Waals surface area (Å²) in [5.74, 6) is 0.850. The van der Waals surface area contributed by atoms with E-state index in [2.05, 4.69) is 21.1 Å². The number of benzene rings is 2. The number of hydrogen-bond acceptors (Lipinski definition) is 3. The summed E-state index contributed by atoms with van der Waals surface area (Å²) in [6.07, 6.45) is 1.70. The van der Waals surface area contributed by atoms with E-state index in [1.807, 2.05) is 42.5 Å². The van der Waals surface area contributed by atoms with E-state index in [1.54, 1.807) is 0 Å². The summed E-state index contributed by atoms with van der Waals surface area (Å²) in [7, 11) is 0. The minimum absolute atomic E-state index is 0.541. The molecule has 2 aromatic rings. The molecule has 2 aromatic carbocycles. The Morgan fingerprint density at radius 2 is 2.05 bits per heavy atom. The maximum Gasteiger partial charge on any atom is 0.120 e. The van der Waals surface area contributed by atoms with Crippen LogP contribution in [0.5, 0.6) is 5.75 Å². The third-order valence-electron chi connectivity index (χ3n) is 3.43. The van der Waals surface area contributed by atoms with E-state index < -0.39 is 0 Å². The zero-order chi connectivity index (χ0) is 13.9. The highest BCUT2D eigenvalue weighted by atomic mass is 79.9. The zero-order valence-corrected chi connectivity index (χ0v) is 12.4. The van der Waals surface area contributed by atoms with Gasteiger partial charge in [0.05, 0.1) is 5.71 Å². The lowest BCUT2D eigenvalue weighted by Gasteiger charge is -2.08. The molecule has 0 bridgehead atoms. The molecule has 0 aromatic heterocycles. The first kappa shape index (κ1) is 13.2. The predicted molar refractivity (Wildman–Crippen MR) is 81.6 cm³/mol. The number of halogens is 1. The van der Waals surface area contributed by atoms with Crippen molar-refractivity contribution in [2.75, 3.05) is 0 Å². The number of rotatable bonds is 3. The Hall–Kier alpha value is -1.81. The first-order chi connectivity index (χ1) is 9.76. The second kappa shape index (κ2) is 5.67. The van der Waals surface area contributed by atoms with Gasteiger partial charge in [0, 0.05) is 10.0 Å². The lowest BCUT2D eigenvalue weighted by Crippen LogP contribution is -1.97. The van der Waals surface area contributed by atoms with Gasteiger partial charge in [-0.05, 0) is 54.3 Å². The summed E-state index contributed by atoms with van der Waals surface area (Å²) < 4.78 is 6.87. The summed E-state index contributed by atoms with van der Waals surface area (Å²) in [6.45, 7) is 0.541. The largest absolute Gasteiger partial charge is 0.489 e. The van der Waals surface area contributed by atoms with Crippen molar-refractivity contribution in [2.45, 2.75) is 19.4 Å². The van der Waals surface area contributed by atoms with Gasteiger partial charge in [0.25, 0.3) is 0 Å². The lowest BCUT2D eigenvalue weighted by molar-refractivity contribution is 0.306. The average Bonchev–Trinajstić information content (AvgIpc) is 2.87. The average molecular weight is 332 g/mol. The van der Waals surface area contributed by atoms with Crippen molar-refractivity contribution in [3.8, 4) is 5.75 Å². The van der Waals surface area contributed by atoms with Crippen LogP contribution in [0.1, 0.15) is 23.1 Å². The van der Waals surface area contributed by atoms with E-state index in [-0.39, 0.29) is 0 Å². The monoisotopic (exact) mass is 331 g/mol. The normalized spacial score (nSPS) is 15.3. The second-order valence-electron chi connectivity index (χ2n) is 4.78. The quantitative estimate of drug-likeness (QED) is 0.678. The van der Waals surface area contributed by atoms with E-state index in [4.69, 9.17) is 9.94 Å². The number of nitrogens with zero attached hydrogens (tertiary/aromatic N) is 1. The van der Waals surface area contributed by atoms with Crippen molar-refractivity contribution >= 4 is 21.6 Å². The van der Waals surface area contributed by atoms with Gasteiger partial charge in [0.1, 0.15) is 12.4 Å². The van der Waals surface area contributed by atoms with Crippen molar-refractivity contribution < 1.29 is 9.94 Å². The number of aryl methyl sites for hydroxylation is 1. The third-order valence-corrected chi connectivity index (χ3v) is 3.93. The molecule has 1 aliphatic rings. The van der Waals surface area contributed by atoms with Gasteiger partial charge >= 0.3 is 0 Å². The Kier molecular flexibility index (Phi) is 3.74. The summed E-state index contributed by atoms with van der Waals surface area (Å²) in [6, 6.07) is 14.0. The Labute approximate surface area is 126 Å². The molecule has 0 amide bonds. The lowest BCUT2D eigenvalue weighted by atomic mass is 10.1. The Morgan fingerprint density at radius 1 is 1.15 bits per heavy atom. The highest BCUT2D eigenvalue weighted by Gasteiger charge is 2.18. The third kappa shape index (κ3) is 2.70. The fourth-order valence-corrected chi connectivity index (χ4v) is 2.88. The number of hydrogen-bond donors (Lipinski definition) is 1. The van der Waals surface area contributed by atoms with Crippen molar-refractivity contribution in [3.63, 3.8) is 0 Å². The number of fused-ring (bicyclic) bond motifs is 1. The number of oxime groups is 1.